The molecule has 0 bridgehead atoms. The third kappa shape index (κ3) is 7.44. The van der Waals surface area contributed by atoms with Crippen molar-refractivity contribution < 1.29 is 19.4 Å². The van der Waals surface area contributed by atoms with E-state index in [9.17, 15) is 14.7 Å². The monoisotopic (exact) mass is 563 g/mol. The molecule has 1 unspecified atom stereocenters. The first-order valence-electron chi connectivity index (χ1n) is 13.2. The van der Waals surface area contributed by atoms with E-state index in [2.05, 4.69) is 9.97 Å². The van der Waals surface area contributed by atoms with Gasteiger partial charge in [-0.15, -0.1) is 0 Å². The number of rotatable bonds is 9. The standard InChI is InChI=1S/C30H37N5O4S/c1-30(2,3)20-35(29(37)38)19-25(22-9-7-6-8-10-22)39-23-13-11-21(12-14-23)18-34-16-15-33(4)26-24(27(34)36)17-31-28(32-26)40-5/h6-14,17,25H,15-16,18-20H2,1-5H3,(H,37,38). The molecule has 9 nitrogen and oxygen atoms in total. The van der Waals surface area contributed by atoms with Gasteiger partial charge in [0.25, 0.3) is 5.91 Å². The number of hydrogen-bond donors (Lipinski definition) is 1. The molecule has 1 N–H and O–H groups in total. The van der Waals surface area contributed by atoms with Gasteiger partial charge >= 0.3 is 6.09 Å². The fourth-order valence-corrected chi connectivity index (χ4v) is 4.95. The Balaban J connectivity index is 1.49. The molecule has 1 aliphatic rings. The van der Waals surface area contributed by atoms with Crippen molar-refractivity contribution in [3.05, 3.63) is 77.5 Å². The van der Waals surface area contributed by atoms with Crippen LogP contribution in [0.25, 0.3) is 0 Å². The lowest BCUT2D eigenvalue weighted by Gasteiger charge is -2.31. The summed E-state index contributed by atoms with van der Waals surface area (Å²) < 4.78 is 6.35. The van der Waals surface area contributed by atoms with E-state index in [-0.39, 0.29) is 17.9 Å². The van der Waals surface area contributed by atoms with Crippen LogP contribution in [-0.2, 0) is 6.54 Å². The number of thioether (sulfide) groups is 1. The van der Waals surface area contributed by atoms with Crippen LogP contribution < -0.4 is 9.64 Å². The van der Waals surface area contributed by atoms with Crippen LogP contribution in [0.2, 0.25) is 0 Å². The second kappa shape index (κ2) is 12.6. The van der Waals surface area contributed by atoms with Crippen LogP contribution in [-0.4, -0.2) is 76.4 Å². The molecule has 0 fully saturated rings. The number of carboxylic acid groups (broad SMARTS) is 1. The van der Waals surface area contributed by atoms with E-state index in [0.29, 0.717) is 48.5 Å². The Morgan fingerprint density at radius 1 is 1.12 bits per heavy atom. The van der Waals surface area contributed by atoms with Crippen LogP contribution in [0.1, 0.15) is 48.4 Å². The summed E-state index contributed by atoms with van der Waals surface area (Å²) in [6.45, 7) is 8.30. The second-order valence-corrected chi connectivity index (χ2v) is 11.9. The molecule has 2 aromatic carbocycles. The number of carbonyl (C=O) groups is 2. The zero-order valence-electron chi connectivity index (χ0n) is 23.7. The summed E-state index contributed by atoms with van der Waals surface area (Å²) in [6.07, 6.45) is 2.08. The molecule has 1 atom stereocenters. The third-order valence-electron chi connectivity index (χ3n) is 6.58. The Morgan fingerprint density at radius 3 is 2.45 bits per heavy atom. The zero-order valence-corrected chi connectivity index (χ0v) is 24.5. The summed E-state index contributed by atoms with van der Waals surface area (Å²) in [5, 5.41) is 10.5. The molecule has 0 radical (unpaired) electrons. The smallest absolute Gasteiger partial charge is 0.407 e. The molecule has 0 saturated carbocycles. The van der Waals surface area contributed by atoms with Gasteiger partial charge in [0.15, 0.2) is 5.16 Å². The van der Waals surface area contributed by atoms with Gasteiger partial charge in [-0.1, -0.05) is 75.0 Å². The highest BCUT2D eigenvalue weighted by atomic mass is 32.2. The maximum absolute atomic E-state index is 13.3. The highest BCUT2D eigenvalue weighted by Crippen LogP contribution is 2.27. The summed E-state index contributed by atoms with van der Waals surface area (Å²) in [4.78, 5) is 39.5. The van der Waals surface area contributed by atoms with Crippen molar-refractivity contribution in [1.82, 2.24) is 19.8 Å². The van der Waals surface area contributed by atoms with E-state index in [1.807, 2.05) is 98.5 Å². The van der Waals surface area contributed by atoms with Crippen molar-refractivity contribution in [2.75, 3.05) is 44.4 Å². The lowest BCUT2D eigenvalue weighted by molar-refractivity contribution is 0.0753. The summed E-state index contributed by atoms with van der Waals surface area (Å²) >= 11 is 1.45. The Bertz CT molecular complexity index is 1310. The molecular weight excluding hydrogens is 526 g/mol. The highest BCUT2D eigenvalue weighted by molar-refractivity contribution is 7.98. The molecule has 1 aliphatic heterocycles. The molecule has 2 amide bonds. The maximum Gasteiger partial charge on any atom is 0.407 e. The van der Waals surface area contributed by atoms with Gasteiger partial charge in [-0.25, -0.2) is 14.8 Å². The summed E-state index contributed by atoms with van der Waals surface area (Å²) in [5.41, 5.74) is 2.17. The van der Waals surface area contributed by atoms with E-state index in [1.165, 1.54) is 16.7 Å². The van der Waals surface area contributed by atoms with Crippen LogP contribution >= 0.6 is 11.8 Å². The van der Waals surface area contributed by atoms with Crippen LogP contribution in [0, 0.1) is 5.41 Å². The first-order valence-corrected chi connectivity index (χ1v) is 14.5. The number of likely N-dealkylation sites (N-methyl/N-ethyl adjacent to an activating group) is 1. The topological polar surface area (TPSA) is 99.1 Å². The molecule has 1 aromatic heterocycles. The van der Waals surface area contributed by atoms with Gasteiger partial charge in [0, 0.05) is 39.4 Å². The Hall–Kier alpha value is -3.79. The van der Waals surface area contributed by atoms with E-state index in [1.54, 1.807) is 6.20 Å². The van der Waals surface area contributed by atoms with Gasteiger partial charge in [0.2, 0.25) is 0 Å². The first-order chi connectivity index (χ1) is 19.0. The second-order valence-electron chi connectivity index (χ2n) is 11.1. The lowest BCUT2D eigenvalue weighted by atomic mass is 9.96. The SMILES string of the molecule is CSc1ncc2c(n1)N(C)CCN(Cc1ccc(OC(CN(CC(C)(C)C)C(=O)O)c3ccccc3)cc1)C2=O. The number of amides is 2. The molecule has 2 heterocycles. The van der Waals surface area contributed by atoms with Crippen LogP contribution in [0.5, 0.6) is 5.75 Å². The largest absolute Gasteiger partial charge is 0.484 e. The minimum absolute atomic E-state index is 0.0934. The van der Waals surface area contributed by atoms with Crippen LogP contribution in [0.4, 0.5) is 10.6 Å². The third-order valence-corrected chi connectivity index (χ3v) is 7.14. The van der Waals surface area contributed by atoms with E-state index in [0.717, 1.165) is 11.1 Å². The normalized spacial score (nSPS) is 14.4. The Kier molecular flexibility index (Phi) is 9.19. The number of anilines is 1. The average molecular weight is 564 g/mol. The number of hydrogen-bond acceptors (Lipinski definition) is 7. The zero-order chi connectivity index (χ0) is 28.9. The quantitative estimate of drug-likeness (QED) is 0.272. The molecule has 4 rings (SSSR count). The lowest BCUT2D eigenvalue weighted by Crippen LogP contribution is -2.40. The van der Waals surface area contributed by atoms with Crippen LogP contribution in [0.15, 0.2) is 66.0 Å². The van der Waals surface area contributed by atoms with Crippen molar-refractivity contribution in [3.8, 4) is 5.75 Å². The first kappa shape index (κ1) is 29.2. The summed E-state index contributed by atoms with van der Waals surface area (Å²) in [7, 11) is 1.94. The van der Waals surface area contributed by atoms with E-state index < -0.39 is 12.2 Å². The number of fused-ring (bicyclic) bond motifs is 1. The summed E-state index contributed by atoms with van der Waals surface area (Å²) in [6, 6.07) is 17.3. The number of nitrogens with zero attached hydrogens (tertiary/aromatic N) is 5. The molecule has 212 valence electrons. The van der Waals surface area contributed by atoms with Gasteiger partial charge in [0.05, 0.1) is 6.54 Å². The van der Waals surface area contributed by atoms with E-state index in [4.69, 9.17) is 4.74 Å². The minimum Gasteiger partial charge on any atom is -0.484 e. The molecule has 0 spiro atoms. The summed E-state index contributed by atoms with van der Waals surface area (Å²) in [5.74, 6) is 1.19. The number of ether oxygens (including phenoxy) is 1. The fourth-order valence-electron chi connectivity index (χ4n) is 4.62. The predicted octanol–water partition coefficient (Wildman–Crippen LogP) is 5.44. The van der Waals surface area contributed by atoms with Gasteiger partial charge in [0.1, 0.15) is 23.2 Å². The van der Waals surface area contributed by atoms with Crippen molar-refractivity contribution in [2.45, 2.75) is 38.6 Å². The van der Waals surface area contributed by atoms with Crippen molar-refractivity contribution in [3.63, 3.8) is 0 Å². The van der Waals surface area contributed by atoms with Gasteiger partial charge < -0.3 is 24.5 Å². The fraction of sp³-hybridized carbons (Fsp3) is 0.400. The van der Waals surface area contributed by atoms with Crippen LogP contribution in [0.3, 0.4) is 0 Å². The highest BCUT2D eigenvalue weighted by Gasteiger charge is 2.28. The van der Waals surface area contributed by atoms with Crippen molar-refractivity contribution in [1.29, 1.82) is 0 Å². The average Bonchev–Trinajstić information content (AvgIpc) is 3.04. The number of carbonyl (C=O) groups excluding carboxylic acids is 1. The maximum atomic E-state index is 13.3. The van der Waals surface area contributed by atoms with Crippen molar-refractivity contribution >= 4 is 29.6 Å². The predicted molar refractivity (Wildman–Crippen MR) is 157 cm³/mol. The minimum atomic E-state index is -0.973. The molecule has 10 heteroatoms. The van der Waals surface area contributed by atoms with Crippen molar-refractivity contribution in [2.24, 2.45) is 5.41 Å². The Morgan fingerprint density at radius 2 is 1.82 bits per heavy atom. The number of aromatic nitrogens is 2. The van der Waals surface area contributed by atoms with Gasteiger partial charge in [-0.05, 0) is 34.9 Å². The van der Waals surface area contributed by atoms with Gasteiger partial charge in [-0.2, -0.15) is 0 Å². The molecule has 0 saturated heterocycles. The Labute approximate surface area is 240 Å². The van der Waals surface area contributed by atoms with E-state index >= 15 is 0 Å². The van der Waals surface area contributed by atoms with Gasteiger partial charge in [-0.3, -0.25) is 4.79 Å². The molecule has 40 heavy (non-hydrogen) atoms. The number of benzene rings is 2. The molecule has 0 aliphatic carbocycles. The molecule has 3 aromatic rings. The molecular formula is C30H37N5O4S.